The largest absolute Gasteiger partial charge is 0.494 e. The minimum atomic E-state index is -0.402. The Morgan fingerprint density at radius 3 is 2.71 bits per heavy atom. The first-order valence-corrected chi connectivity index (χ1v) is 6.95. The van der Waals surface area contributed by atoms with Crippen LogP contribution >= 0.6 is 0 Å². The molecule has 4 heteroatoms. The zero-order valence-electron chi connectivity index (χ0n) is 12.3. The van der Waals surface area contributed by atoms with E-state index in [1.54, 1.807) is 12.2 Å². The van der Waals surface area contributed by atoms with Crippen molar-refractivity contribution in [2.75, 3.05) is 13.2 Å². The number of rotatable bonds is 8. The lowest BCUT2D eigenvalue weighted by Gasteiger charge is -2.05. The van der Waals surface area contributed by atoms with Crippen molar-refractivity contribution in [1.29, 1.82) is 5.26 Å². The first-order valence-electron chi connectivity index (χ1n) is 6.95. The van der Waals surface area contributed by atoms with Crippen LogP contribution in [0.2, 0.25) is 0 Å². The third kappa shape index (κ3) is 5.96. The van der Waals surface area contributed by atoms with Crippen molar-refractivity contribution in [3.05, 3.63) is 48.1 Å². The topological polar surface area (TPSA) is 62.1 Å². The van der Waals surface area contributed by atoms with Gasteiger partial charge in [-0.1, -0.05) is 31.6 Å². The second-order valence-corrected chi connectivity index (χ2v) is 4.44. The molecule has 1 amide bonds. The SMILES string of the molecule is C=CCNC(=O)/C(C#N)=C/c1ccc(OCCCC)cc1. The van der Waals surface area contributed by atoms with Crippen molar-refractivity contribution in [2.24, 2.45) is 0 Å². The van der Waals surface area contributed by atoms with E-state index in [0.29, 0.717) is 13.2 Å². The summed E-state index contributed by atoms with van der Waals surface area (Å²) in [6.45, 7) is 6.65. The van der Waals surface area contributed by atoms with Crippen molar-refractivity contribution >= 4 is 12.0 Å². The Bertz CT molecular complexity index is 539. The van der Waals surface area contributed by atoms with Crippen LogP contribution in [0.25, 0.3) is 6.08 Å². The highest BCUT2D eigenvalue weighted by atomic mass is 16.5. The molecule has 1 rings (SSSR count). The lowest BCUT2D eigenvalue weighted by molar-refractivity contribution is -0.116. The fraction of sp³-hybridized carbons (Fsp3) is 0.294. The molecule has 0 spiro atoms. The Balaban J connectivity index is 2.71. The van der Waals surface area contributed by atoms with Crippen LogP contribution in [0.4, 0.5) is 0 Å². The Morgan fingerprint density at radius 2 is 2.14 bits per heavy atom. The third-order valence-corrected chi connectivity index (χ3v) is 2.73. The second kappa shape index (κ2) is 9.38. The van der Waals surface area contributed by atoms with Gasteiger partial charge in [0.1, 0.15) is 17.4 Å². The second-order valence-electron chi connectivity index (χ2n) is 4.44. The molecule has 0 heterocycles. The summed E-state index contributed by atoms with van der Waals surface area (Å²) < 4.78 is 5.56. The highest BCUT2D eigenvalue weighted by Gasteiger charge is 2.07. The maximum Gasteiger partial charge on any atom is 0.262 e. The van der Waals surface area contributed by atoms with Gasteiger partial charge in [0.15, 0.2) is 0 Å². The molecule has 1 aromatic carbocycles. The summed E-state index contributed by atoms with van der Waals surface area (Å²) in [4.78, 5) is 11.7. The molecule has 0 aliphatic rings. The molecule has 0 saturated carbocycles. The lowest BCUT2D eigenvalue weighted by atomic mass is 10.1. The van der Waals surface area contributed by atoms with Crippen molar-refractivity contribution in [3.63, 3.8) is 0 Å². The summed E-state index contributed by atoms with van der Waals surface area (Å²) in [6, 6.07) is 9.20. The Hall–Kier alpha value is -2.54. The van der Waals surface area contributed by atoms with E-state index in [1.807, 2.05) is 30.3 Å². The van der Waals surface area contributed by atoms with Gasteiger partial charge in [0, 0.05) is 6.54 Å². The molecule has 0 radical (unpaired) electrons. The Morgan fingerprint density at radius 1 is 1.43 bits per heavy atom. The molecule has 0 unspecified atom stereocenters. The molecule has 0 bridgehead atoms. The molecule has 21 heavy (non-hydrogen) atoms. The van der Waals surface area contributed by atoms with Crippen LogP contribution in [0.3, 0.4) is 0 Å². The molecule has 0 aliphatic heterocycles. The van der Waals surface area contributed by atoms with Gasteiger partial charge in [-0.05, 0) is 30.2 Å². The minimum absolute atomic E-state index is 0.0662. The molecule has 0 fully saturated rings. The van der Waals surface area contributed by atoms with Gasteiger partial charge in [-0.15, -0.1) is 6.58 Å². The van der Waals surface area contributed by atoms with Crippen LogP contribution in [-0.4, -0.2) is 19.1 Å². The quantitative estimate of drug-likeness (QED) is 0.345. The van der Waals surface area contributed by atoms with Gasteiger partial charge in [0.05, 0.1) is 6.61 Å². The molecule has 1 N–H and O–H groups in total. The predicted molar refractivity (Wildman–Crippen MR) is 83.6 cm³/mol. The van der Waals surface area contributed by atoms with Crippen LogP contribution in [0.1, 0.15) is 25.3 Å². The van der Waals surface area contributed by atoms with E-state index in [2.05, 4.69) is 18.8 Å². The molecule has 1 aromatic rings. The van der Waals surface area contributed by atoms with Gasteiger partial charge in [0.25, 0.3) is 5.91 Å². The van der Waals surface area contributed by atoms with E-state index in [-0.39, 0.29) is 5.57 Å². The van der Waals surface area contributed by atoms with E-state index in [0.717, 1.165) is 24.2 Å². The molecule has 0 aromatic heterocycles. The van der Waals surface area contributed by atoms with Gasteiger partial charge in [-0.2, -0.15) is 5.26 Å². The highest BCUT2D eigenvalue weighted by molar-refractivity contribution is 6.01. The Labute approximate surface area is 125 Å². The fourth-order valence-corrected chi connectivity index (χ4v) is 1.57. The number of nitriles is 1. The van der Waals surface area contributed by atoms with Gasteiger partial charge in [-0.25, -0.2) is 0 Å². The van der Waals surface area contributed by atoms with Crippen molar-refractivity contribution in [3.8, 4) is 11.8 Å². The van der Waals surface area contributed by atoms with Crippen molar-refractivity contribution in [1.82, 2.24) is 5.32 Å². The maximum atomic E-state index is 11.7. The number of hydrogen-bond donors (Lipinski definition) is 1. The molecular weight excluding hydrogens is 264 g/mol. The van der Waals surface area contributed by atoms with Gasteiger partial charge in [-0.3, -0.25) is 4.79 Å². The van der Waals surface area contributed by atoms with Crippen LogP contribution in [0, 0.1) is 11.3 Å². The number of ether oxygens (including phenoxy) is 1. The number of carbonyl (C=O) groups excluding carboxylic acids is 1. The average Bonchev–Trinajstić information content (AvgIpc) is 2.52. The fourth-order valence-electron chi connectivity index (χ4n) is 1.57. The summed E-state index contributed by atoms with van der Waals surface area (Å²) in [5, 5.41) is 11.6. The van der Waals surface area contributed by atoms with E-state index < -0.39 is 5.91 Å². The summed E-state index contributed by atoms with van der Waals surface area (Å²) >= 11 is 0. The highest BCUT2D eigenvalue weighted by Crippen LogP contribution is 2.15. The number of nitrogens with one attached hydrogen (secondary N) is 1. The Kier molecular flexibility index (Phi) is 7.37. The first-order chi connectivity index (χ1) is 10.2. The van der Waals surface area contributed by atoms with E-state index in [4.69, 9.17) is 10.00 Å². The van der Waals surface area contributed by atoms with Crippen LogP contribution in [0.5, 0.6) is 5.75 Å². The molecule has 0 aliphatic carbocycles. The minimum Gasteiger partial charge on any atom is -0.494 e. The third-order valence-electron chi connectivity index (χ3n) is 2.73. The summed E-state index contributed by atoms with van der Waals surface area (Å²) in [7, 11) is 0. The lowest BCUT2D eigenvalue weighted by Crippen LogP contribution is -2.24. The number of nitrogens with zero attached hydrogens (tertiary/aromatic N) is 1. The van der Waals surface area contributed by atoms with E-state index in [9.17, 15) is 4.79 Å². The predicted octanol–water partition coefficient (Wildman–Crippen LogP) is 3.07. The van der Waals surface area contributed by atoms with E-state index >= 15 is 0 Å². The monoisotopic (exact) mass is 284 g/mol. The first kappa shape index (κ1) is 16.5. The van der Waals surface area contributed by atoms with Gasteiger partial charge >= 0.3 is 0 Å². The van der Waals surface area contributed by atoms with Crippen LogP contribution in [-0.2, 0) is 4.79 Å². The number of hydrogen-bond acceptors (Lipinski definition) is 3. The molecule has 110 valence electrons. The maximum absolute atomic E-state index is 11.7. The summed E-state index contributed by atoms with van der Waals surface area (Å²) in [5.74, 6) is 0.385. The zero-order valence-corrected chi connectivity index (χ0v) is 12.3. The number of benzene rings is 1. The number of carbonyl (C=O) groups is 1. The number of amides is 1. The normalized spacial score (nSPS) is 10.6. The standard InChI is InChI=1S/C17H20N2O2/c1-3-5-11-21-16-8-6-14(7-9-16)12-15(13-18)17(20)19-10-4-2/h4,6-9,12H,2-3,5,10-11H2,1H3,(H,19,20)/b15-12+. The summed E-state index contributed by atoms with van der Waals surface area (Å²) in [6.07, 6.45) is 5.22. The average molecular weight is 284 g/mol. The smallest absolute Gasteiger partial charge is 0.262 e. The molecule has 0 saturated heterocycles. The van der Waals surface area contributed by atoms with E-state index in [1.165, 1.54) is 0 Å². The van der Waals surface area contributed by atoms with Crippen LogP contribution < -0.4 is 10.1 Å². The zero-order chi connectivity index (χ0) is 15.5. The van der Waals surface area contributed by atoms with Gasteiger partial charge < -0.3 is 10.1 Å². The van der Waals surface area contributed by atoms with Gasteiger partial charge in [0.2, 0.25) is 0 Å². The molecule has 4 nitrogen and oxygen atoms in total. The van der Waals surface area contributed by atoms with Crippen molar-refractivity contribution < 1.29 is 9.53 Å². The number of unbranched alkanes of at least 4 members (excludes halogenated alkanes) is 1. The summed E-state index contributed by atoms with van der Waals surface area (Å²) in [5.41, 5.74) is 0.847. The molecule has 0 atom stereocenters. The molecular formula is C17H20N2O2. The van der Waals surface area contributed by atoms with Crippen LogP contribution in [0.15, 0.2) is 42.5 Å². The van der Waals surface area contributed by atoms with Crippen molar-refractivity contribution in [2.45, 2.75) is 19.8 Å².